The topological polar surface area (TPSA) is 202 Å². The summed E-state index contributed by atoms with van der Waals surface area (Å²) in [5.74, 6) is -3.88. The van der Waals surface area contributed by atoms with E-state index in [1.807, 2.05) is 0 Å². The Labute approximate surface area is 239 Å². The maximum atomic E-state index is 13.5. The number of benzene rings is 2. The number of hydrogen-bond acceptors (Lipinski definition) is 13. The van der Waals surface area contributed by atoms with Crippen LogP contribution in [0.3, 0.4) is 0 Å². The summed E-state index contributed by atoms with van der Waals surface area (Å²) in [4.78, 5) is 25.7. The van der Waals surface area contributed by atoms with E-state index in [1.54, 1.807) is 0 Å². The number of ether oxygens (including phenoxy) is 5. The number of phenolic OH excluding ortho intramolecular Hbond substituents is 3. The molecule has 8 atom stereocenters. The van der Waals surface area contributed by atoms with E-state index in [-0.39, 0.29) is 35.2 Å². The lowest BCUT2D eigenvalue weighted by Gasteiger charge is -2.44. The van der Waals surface area contributed by atoms with Crippen molar-refractivity contribution in [1.29, 1.82) is 0 Å². The highest BCUT2D eigenvalue weighted by Crippen LogP contribution is 2.40. The van der Waals surface area contributed by atoms with Crippen LogP contribution in [0.25, 0.3) is 11.1 Å². The maximum Gasteiger partial charge on any atom is 0.343 e. The number of carbonyl (C=O) groups is 2. The molecule has 0 aliphatic carbocycles. The molecule has 3 aliphatic rings. The Kier molecular flexibility index (Phi) is 8.38. The molecular formula is C29H30O13. The number of aromatic hydroxyl groups is 3. The zero-order valence-corrected chi connectivity index (χ0v) is 22.1. The largest absolute Gasteiger partial charge is 0.508 e. The third-order valence-corrected chi connectivity index (χ3v) is 7.48. The van der Waals surface area contributed by atoms with Gasteiger partial charge < -0.3 is 54.3 Å². The Balaban J connectivity index is 1.46. The van der Waals surface area contributed by atoms with Gasteiger partial charge in [-0.2, -0.15) is 0 Å². The third kappa shape index (κ3) is 5.52. The minimum absolute atomic E-state index is 0.00458. The predicted molar refractivity (Wildman–Crippen MR) is 141 cm³/mol. The number of rotatable bonds is 7. The molecule has 224 valence electrons. The molecule has 6 N–H and O–H groups in total. The van der Waals surface area contributed by atoms with Crippen molar-refractivity contribution in [2.45, 2.75) is 43.4 Å². The van der Waals surface area contributed by atoms with Gasteiger partial charge in [0.2, 0.25) is 12.6 Å². The van der Waals surface area contributed by atoms with Crippen LogP contribution in [0.2, 0.25) is 0 Å². The second-order valence-corrected chi connectivity index (χ2v) is 10.1. The van der Waals surface area contributed by atoms with E-state index in [1.165, 1.54) is 42.7 Å². The smallest absolute Gasteiger partial charge is 0.343 e. The highest BCUT2D eigenvalue weighted by Gasteiger charge is 2.50. The zero-order valence-electron chi connectivity index (χ0n) is 22.1. The summed E-state index contributed by atoms with van der Waals surface area (Å²) < 4.78 is 27.9. The first-order chi connectivity index (χ1) is 20.1. The Hall–Kier alpha value is -4.14. The Morgan fingerprint density at radius 3 is 2.57 bits per heavy atom. The van der Waals surface area contributed by atoms with Crippen LogP contribution in [0, 0.1) is 11.8 Å². The number of hydrogen-bond donors (Lipinski definition) is 6. The second-order valence-electron chi connectivity index (χ2n) is 10.1. The molecule has 2 fully saturated rings. The molecule has 0 bridgehead atoms. The van der Waals surface area contributed by atoms with Crippen LogP contribution in [0.4, 0.5) is 0 Å². The Morgan fingerprint density at radius 1 is 1.07 bits per heavy atom. The van der Waals surface area contributed by atoms with E-state index >= 15 is 0 Å². The minimum atomic E-state index is -1.82. The fourth-order valence-corrected chi connectivity index (χ4v) is 5.36. The van der Waals surface area contributed by atoms with Crippen molar-refractivity contribution >= 4 is 11.9 Å². The van der Waals surface area contributed by atoms with Crippen LogP contribution in [0.1, 0.15) is 16.8 Å². The van der Waals surface area contributed by atoms with E-state index in [0.717, 1.165) is 6.07 Å². The first-order valence-electron chi connectivity index (χ1n) is 13.1. The third-order valence-electron chi connectivity index (χ3n) is 7.48. The average Bonchev–Trinajstić information content (AvgIpc) is 2.96. The fourth-order valence-electron chi connectivity index (χ4n) is 5.36. The maximum absolute atomic E-state index is 13.5. The minimum Gasteiger partial charge on any atom is -0.508 e. The normalized spacial score (nSPS) is 30.7. The van der Waals surface area contributed by atoms with E-state index in [4.69, 9.17) is 23.7 Å². The van der Waals surface area contributed by atoms with Gasteiger partial charge in [0.25, 0.3) is 0 Å². The predicted octanol–water partition coefficient (Wildman–Crippen LogP) is 1.06. The van der Waals surface area contributed by atoms with Crippen LogP contribution in [0.15, 0.2) is 60.9 Å². The monoisotopic (exact) mass is 598 g/mol. The van der Waals surface area contributed by atoms with Gasteiger partial charge in [-0.3, -0.25) is 0 Å². The summed E-state index contributed by atoms with van der Waals surface area (Å²) in [6, 6.07) is 7.77. The molecular weight excluding hydrogens is 568 g/mol. The molecule has 2 saturated heterocycles. The lowest BCUT2D eigenvalue weighted by Crippen LogP contribution is -2.61. The van der Waals surface area contributed by atoms with Gasteiger partial charge in [-0.25, -0.2) is 9.59 Å². The van der Waals surface area contributed by atoms with Gasteiger partial charge in [-0.05, 0) is 30.2 Å². The SMILES string of the molecule is [13CH2]=C[C@@H]1C2[13CH2]CO[13C](=O)C2=[13CH]O[13C@H]1O[13C@@H]1O[C@H]([13CH2]O)[C@@H](O)[C@H](O)[C@H]1OC(=O)[13c]1c(O)[13cH]c(O)[13cH]c1-c1[13cH]ccc(O)[13cH]1. The number of carbonyl (C=O) groups excluding carboxylic acids is 2. The molecule has 0 saturated carbocycles. The molecule has 2 aromatic carbocycles. The lowest BCUT2D eigenvalue weighted by atomic mass is 9.99. The van der Waals surface area contributed by atoms with Gasteiger partial charge in [-0.1, -0.05) is 18.2 Å². The Bertz CT molecular complexity index is 1390. The highest BCUT2D eigenvalue weighted by molar-refractivity contribution is 6.00. The summed E-state index contributed by atoms with van der Waals surface area (Å²) in [7, 11) is 0. The molecule has 13 nitrogen and oxygen atoms in total. The molecule has 42 heavy (non-hydrogen) atoms. The van der Waals surface area contributed by atoms with Crippen LogP contribution in [0.5, 0.6) is 17.2 Å². The van der Waals surface area contributed by atoms with Gasteiger partial charge in [0.15, 0.2) is 6.10 Å². The number of aliphatic hydroxyl groups is 3. The summed E-state index contributed by atoms with van der Waals surface area (Å²) in [5, 5.41) is 61.9. The molecule has 3 heterocycles. The second kappa shape index (κ2) is 12.0. The quantitative estimate of drug-likeness (QED) is 0.150. The molecule has 0 amide bonds. The molecule has 0 radical (unpaired) electrons. The van der Waals surface area contributed by atoms with Crippen molar-refractivity contribution in [2.24, 2.45) is 11.8 Å². The Morgan fingerprint density at radius 2 is 1.86 bits per heavy atom. The molecule has 5 rings (SSSR count). The zero-order chi connectivity index (χ0) is 30.1. The lowest BCUT2D eigenvalue weighted by molar-refractivity contribution is -0.338. The van der Waals surface area contributed by atoms with Gasteiger partial charge in [0.1, 0.15) is 41.1 Å². The van der Waals surface area contributed by atoms with Crippen LogP contribution >= 0.6 is 0 Å². The van der Waals surface area contributed by atoms with Crippen molar-refractivity contribution in [3.63, 3.8) is 0 Å². The first-order valence-corrected chi connectivity index (χ1v) is 13.1. The molecule has 1 unspecified atom stereocenters. The number of cyclic esters (lactones) is 1. The summed E-state index contributed by atoms with van der Waals surface area (Å²) in [6.45, 7) is 3.27. The van der Waals surface area contributed by atoms with E-state index in [0.29, 0.717) is 12.0 Å². The number of aliphatic hydroxyl groups excluding tert-OH is 3. The van der Waals surface area contributed by atoms with Crippen LogP contribution < -0.4 is 0 Å². The summed E-state index contributed by atoms with van der Waals surface area (Å²) in [5.41, 5.74) is 0.119. The van der Waals surface area contributed by atoms with Gasteiger partial charge >= 0.3 is 11.9 Å². The van der Waals surface area contributed by atoms with E-state index < -0.39 is 72.8 Å². The summed E-state index contributed by atoms with van der Waals surface area (Å²) in [6.07, 6.45) is -6.13. The fraction of sp³-hybridized carbons (Fsp3) is 0.379. The van der Waals surface area contributed by atoms with Crippen molar-refractivity contribution < 1.29 is 63.9 Å². The molecule has 13 heteroatoms. The standard InChI is InChI=1S/C29H30O13/c1-2-16-17-6-7-38-26(36)19(17)12-39-28(16)42-29-25(24(35)23(34)21(11-30)40-29)41-27(37)22-18(9-15(32)10-20(22)33)13-4-3-5-14(31)8-13/h2-5,8-10,12,16-17,21,23-25,28-35H,1,6-7,11H2/t16-,17?,21-,23-,24+,25-,28+,29+/m1/s1/i1+1,4+1,6+1,8+1,9+1,10+1,11+1,12+1,22+1,26+1,28+1,29+1. The van der Waals surface area contributed by atoms with Crippen molar-refractivity contribution in [1.82, 2.24) is 0 Å². The van der Waals surface area contributed by atoms with Crippen molar-refractivity contribution in [2.75, 3.05) is 13.2 Å². The first kappa shape index (κ1) is 29.4. The van der Waals surface area contributed by atoms with Crippen LogP contribution in [-0.2, 0) is 28.5 Å². The molecule has 0 aromatic heterocycles. The van der Waals surface area contributed by atoms with Gasteiger partial charge in [0.05, 0.1) is 25.0 Å². The van der Waals surface area contributed by atoms with Crippen molar-refractivity contribution in [3.8, 4) is 28.4 Å². The van der Waals surface area contributed by atoms with Gasteiger partial charge in [0, 0.05) is 23.5 Å². The van der Waals surface area contributed by atoms with Gasteiger partial charge in [-0.15, -0.1) is 6.58 Å². The van der Waals surface area contributed by atoms with E-state index in [2.05, 4.69) is 6.58 Å². The molecule has 0 spiro atoms. The number of esters is 2. The van der Waals surface area contributed by atoms with Crippen molar-refractivity contribution in [3.05, 3.63) is 66.5 Å². The highest BCUT2D eigenvalue weighted by atomic mass is 16.9. The molecule has 3 aliphatic heterocycles. The average molecular weight is 598 g/mol. The molecule has 2 aromatic rings. The van der Waals surface area contributed by atoms with E-state index in [9.17, 15) is 40.2 Å². The summed E-state index contributed by atoms with van der Waals surface area (Å²) >= 11 is 0. The number of phenols is 3. The number of fused-ring (bicyclic) bond motifs is 1. The van der Waals surface area contributed by atoms with Crippen LogP contribution in [-0.4, -0.2) is 92.8 Å².